The van der Waals surface area contributed by atoms with Gasteiger partial charge in [0.2, 0.25) is 0 Å². The van der Waals surface area contributed by atoms with Crippen LogP contribution in [0.15, 0.2) is 18.2 Å². The van der Waals surface area contributed by atoms with E-state index >= 15 is 0 Å². The van der Waals surface area contributed by atoms with Gasteiger partial charge in [-0.25, -0.2) is 4.39 Å². The van der Waals surface area contributed by atoms with Crippen molar-refractivity contribution in [1.29, 1.82) is 0 Å². The van der Waals surface area contributed by atoms with Gasteiger partial charge in [-0.15, -0.1) is 0 Å². The first kappa shape index (κ1) is 12.0. The van der Waals surface area contributed by atoms with Gasteiger partial charge in [0.15, 0.2) is 0 Å². The molecule has 0 saturated carbocycles. The van der Waals surface area contributed by atoms with Crippen LogP contribution in [0, 0.1) is 5.82 Å². The monoisotopic (exact) mass is 211 g/mol. The number of hydrogen-bond donors (Lipinski definition) is 1. The van der Waals surface area contributed by atoms with Crippen LogP contribution in [0.5, 0.6) is 5.75 Å². The Morgan fingerprint density at radius 2 is 2.00 bits per heavy atom. The summed E-state index contributed by atoms with van der Waals surface area (Å²) in [5, 5.41) is 0. The van der Waals surface area contributed by atoms with E-state index in [1.165, 1.54) is 6.07 Å². The van der Waals surface area contributed by atoms with Gasteiger partial charge in [-0.1, -0.05) is 19.9 Å². The summed E-state index contributed by atoms with van der Waals surface area (Å²) in [6.45, 7) is 4.33. The van der Waals surface area contributed by atoms with Gasteiger partial charge in [-0.05, 0) is 18.9 Å². The molecule has 0 aliphatic heterocycles. The molecular formula is C12H18FNO. The van der Waals surface area contributed by atoms with Crippen LogP contribution in [0.2, 0.25) is 0 Å². The SMILES string of the molecule is CCC(CC)Oc1ccc(CN)c(F)c1. The zero-order chi connectivity index (χ0) is 11.3. The summed E-state index contributed by atoms with van der Waals surface area (Å²) in [6, 6.07) is 4.84. The molecule has 0 aliphatic carbocycles. The van der Waals surface area contributed by atoms with E-state index in [0.717, 1.165) is 12.8 Å². The van der Waals surface area contributed by atoms with E-state index in [2.05, 4.69) is 13.8 Å². The Morgan fingerprint density at radius 1 is 1.33 bits per heavy atom. The lowest BCUT2D eigenvalue weighted by atomic mass is 10.2. The second-order valence-corrected chi connectivity index (χ2v) is 3.51. The van der Waals surface area contributed by atoms with E-state index in [1.54, 1.807) is 12.1 Å². The van der Waals surface area contributed by atoms with Gasteiger partial charge >= 0.3 is 0 Å². The average molecular weight is 211 g/mol. The van der Waals surface area contributed by atoms with Gasteiger partial charge < -0.3 is 10.5 Å². The summed E-state index contributed by atoms with van der Waals surface area (Å²) in [5.41, 5.74) is 5.89. The van der Waals surface area contributed by atoms with Gasteiger partial charge in [0, 0.05) is 18.2 Å². The fraction of sp³-hybridized carbons (Fsp3) is 0.500. The molecule has 0 heterocycles. The van der Waals surface area contributed by atoms with Crippen molar-refractivity contribution in [2.75, 3.05) is 0 Å². The smallest absolute Gasteiger partial charge is 0.131 e. The van der Waals surface area contributed by atoms with Crippen molar-refractivity contribution >= 4 is 0 Å². The highest BCUT2D eigenvalue weighted by molar-refractivity contribution is 5.29. The number of rotatable bonds is 5. The third-order valence-corrected chi connectivity index (χ3v) is 2.46. The molecule has 0 radical (unpaired) electrons. The summed E-state index contributed by atoms with van der Waals surface area (Å²) < 4.78 is 19.0. The van der Waals surface area contributed by atoms with Gasteiger partial charge in [0.1, 0.15) is 11.6 Å². The summed E-state index contributed by atoms with van der Waals surface area (Å²) in [6.07, 6.45) is 2.01. The van der Waals surface area contributed by atoms with E-state index in [1.807, 2.05) is 0 Å². The Bertz CT molecular complexity index is 310. The Labute approximate surface area is 90.2 Å². The van der Waals surface area contributed by atoms with Crippen LogP contribution >= 0.6 is 0 Å². The number of hydrogen-bond acceptors (Lipinski definition) is 2. The summed E-state index contributed by atoms with van der Waals surface area (Å²) in [4.78, 5) is 0. The van der Waals surface area contributed by atoms with Crippen molar-refractivity contribution in [2.45, 2.75) is 39.3 Å². The average Bonchev–Trinajstić information content (AvgIpc) is 2.26. The van der Waals surface area contributed by atoms with E-state index in [0.29, 0.717) is 11.3 Å². The molecule has 3 heteroatoms. The Hall–Kier alpha value is -1.09. The van der Waals surface area contributed by atoms with Gasteiger partial charge in [-0.3, -0.25) is 0 Å². The topological polar surface area (TPSA) is 35.2 Å². The zero-order valence-electron chi connectivity index (χ0n) is 9.29. The summed E-state index contributed by atoms with van der Waals surface area (Å²) in [5.74, 6) is 0.291. The molecule has 0 aliphatic rings. The molecular weight excluding hydrogens is 193 g/mol. The van der Waals surface area contributed by atoms with Crippen LogP contribution in [0.25, 0.3) is 0 Å². The molecule has 1 aromatic carbocycles. The van der Waals surface area contributed by atoms with Crippen LogP contribution < -0.4 is 10.5 Å². The predicted octanol–water partition coefficient (Wildman–Crippen LogP) is 2.85. The minimum absolute atomic E-state index is 0.160. The lowest BCUT2D eigenvalue weighted by Gasteiger charge is -2.15. The highest BCUT2D eigenvalue weighted by Crippen LogP contribution is 2.19. The number of ether oxygens (including phenoxy) is 1. The molecule has 0 saturated heterocycles. The quantitative estimate of drug-likeness (QED) is 0.812. The second kappa shape index (κ2) is 5.71. The highest BCUT2D eigenvalue weighted by atomic mass is 19.1. The standard InChI is InChI=1S/C12H18FNO/c1-3-10(4-2)15-11-6-5-9(8-14)12(13)7-11/h5-7,10H,3-4,8,14H2,1-2H3. The third kappa shape index (κ3) is 3.20. The van der Waals surface area contributed by atoms with Crippen LogP contribution in [0.1, 0.15) is 32.3 Å². The minimum Gasteiger partial charge on any atom is -0.490 e. The molecule has 0 fully saturated rings. The molecule has 15 heavy (non-hydrogen) atoms. The van der Waals surface area contributed by atoms with Gasteiger partial charge in [0.25, 0.3) is 0 Å². The fourth-order valence-corrected chi connectivity index (χ4v) is 1.41. The molecule has 0 aromatic heterocycles. The maximum atomic E-state index is 13.3. The molecule has 2 nitrogen and oxygen atoms in total. The third-order valence-electron chi connectivity index (χ3n) is 2.46. The van der Waals surface area contributed by atoms with Crippen molar-refractivity contribution in [3.63, 3.8) is 0 Å². The van der Waals surface area contributed by atoms with E-state index in [4.69, 9.17) is 10.5 Å². The van der Waals surface area contributed by atoms with Crippen LogP contribution in [-0.2, 0) is 6.54 Å². The Kier molecular flexibility index (Phi) is 4.56. The van der Waals surface area contributed by atoms with Crippen molar-refractivity contribution in [1.82, 2.24) is 0 Å². The molecule has 0 bridgehead atoms. The predicted molar refractivity (Wildman–Crippen MR) is 59.3 cm³/mol. The van der Waals surface area contributed by atoms with Crippen LogP contribution in [0.4, 0.5) is 4.39 Å². The molecule has 0 atom stereocenters. The van der Waals surface area contributed by atoms with Crippen LogP contribution in [0.3, 0.4) is 0 Å². The summed E-state index contributed by atoms with van der Waals surface area (Å²) >= 11 is 0. The molecule has 84 valence electrons. The summed E-state index contributed by atoms with van der Waals surface area (Å²) in [7, 11) is 0. The lowest BCUT2D eigenvalue weighted by Crippen LogP contribution is -2.14. The largest absolute Gasteiger partial charge is 0.490 e. The lowest BCUT2D eigenvalue weighted by molar-refractivity contribution is 0.192. The normalized spacial score (nSPS) is 10.7. The zero-order valence-corrected chi connectivity index (χ0v) is 9.29. The maximum Gasteiger partial charge on any atom is 0.131 e. The maximum absolute atomic E-state index is 13.3. The molecule has 2 N–H and O–H groups in total. The number of nitrogens with two attached hydrogens (primary N) is 1. The van der Waals surface area contributed by atoms with Crippen molar-refractivity contribution < 1.29 is 9.13 Å². The fourth-order valence-electron chi connectivity index (χ4n) is 1.41. The van der Waals surface area contributed by atoms with Gasteiger partial charge in [0.05, 0.1) is 6.10 Å². The van der Waals surface area contributed by atoms with Crippen molar-refractivity contribution in [2.24, 2.45) is 5.73 Å². The molecule has 0 amide bonds. The highest BCUT2D eigenvalue weighted by Gasteiger charge is 2.07. The number of benzene rings is 1. The van der Waals surface area contributed by atoms with E-state index < -0.39 is 0 Å². The van der Waals surface area contributed by atoms with E-state index in [9.17, 15) is 4.39 Å². The minimum atomic E-state index is -0.291. The van der Waals surface area contributed by atoms with E-state index in [-0.39, 0.29) is 18.5 Å². The molecule has 1 aromatic rings. The first-order valence-electron chi connectivity index (χ1n) is 5.36. The van der Waals surface area contributed by atoms with Gasteiger partial charge in [-0.2, -0.15) is 0 Å². The molecule has 0 spiro atoms. The Morgan fingerprint density at radius 3 is 2.47 bits per heavy atom. The molecule has 1 rings (SSSR count). The van der Waals surface area contributed by atoms with Crippen LogP contribution in [-0.4, -0.2) is 6.10 Å². The first-order chi connectivity index (χ1) is 7.21. The molecule has 0 unspecified atom stereocenters. The first-order valence-corrected chi connectivity index (χ1v) is 5.36. The van der Waals surface area contributed by atoms with Crippen molar-refractivity contribution in [3.05, 3.63) is 29.6 Å². The van der Waals surface area contributed by atoms with Crippen molar-refractivity contribution in [3.8, 4) is 5.75 Å². The Balaban J connectivity index is 2.74. The second-order valence-electron chi connectivity index (χ2n) is 3.51. The number of halogens is 1.